The number of nitrogens with one attached hydrogen (secondary N) is 1. The number of nitrogens with two attached hydrogens (primary N) is 1. The quantitative estimate of drug-likeness (QED) is 0.261. The Morgan fingerprint density at radius 1 is 1.43 bits per heavy atom. The van der Waals surface area contributed by atoms with Crippen LogP contribution in [-0.2, 0) is 0 Å². The molecular weight excluding hydrogens is 290 g/mol. The summed E-state index contributed by atoms with van der Waals surface area (Å²) in [5.74, 6) is 0.379. The van der Waals surface area contributed by atoms with E-state index in [4.69, 9.17) is 15.7 Å². The van der Waals surface area contributed by atoms with E-state index in [1.165, 1.54) is 18.4 Å². The van der Waals surface area contributed by atoms with Gasteiger partial charge in [0.1, 0.15) is 16.2 Å². The molecule has 0 radical (unpaired) electrons. The molecule has 1 aliphatic rings. The van der Waals surface area contributed by atoms with Crippen LogP contribution in [0.5, 0.6) is 5.75 Å². The van der Waals surface area contributed by atoms with Crippen molar-refractivity contribution in [2.75, 3.05) is 7.11 Å². The molecule has 0 atom stereocenters. The normalized spacial score (nSPS) is 18.8. The van der Waals surface area contributed by atoms with Crippen molar-refractivity contribution in [3.63, 3.8) is 0 Å². The van der Waals surface area contributed by atoms with Crippen molar-refractivity contribution in [1.29, 1.82) is 0 Å². The van der Waals surface area contributed by atoms with Gasteiger partial charge in [-0.25, -0.2) is 0 Å². The molecule has 1 heterocycles. The number of rotatable bonds is 4. The number of carbonyl (C=O) groups excluding carboxylic acids is 1. The van der Waals surface area contributed by atoms with Gasteiger partial charge in [0, 0.05) is 0 Å². The fourth-order valence-corrected chi connectivity index (χ4v) is 3.52. The first-order valence-electron chi connectivity index (χ1n) is 7.05. The zero-order chi connectivity index (χ0) is 15.3. The molecule has 1 aliphatic carbocycles. The molecule has 1 saturated carbocycles. The second kappa shape index (κ2) is 6.80. The van der Waals surface area contributed by atoms with E-state index in [-0.39, 0.29) is 11.7 Å². The summed E-state index contributed by atoms with van der Waals surface area (Å²) in [4.78, 5) is 13.0. The summed E-state index contributed by atoms with van der Waals surface area (Å²) < 4.78 is 5.18. The van der Waals surface area contributed by atoms with Crippen molar-refractivity contribution >= 4 is 23.1 Å². The van der Waals surface area contributed by atoms with Gasteiger partial charge in [0.15, 0.2) is 5.84 Å². The first kappa shape index (κ1) is 15.6. The van der Waals surface area contributed by atoms with Gasteiger partial charge in [-0.1, -0.05) is 30.8 Å². The Balaban J connectivity index is 2.24. The van der Waals surface area contributed by atoms with Crippen LogP contribution in [0.25, 0.3) is 0 Å². The Labute approximate surface area is 128 Å². The number of nitrogens with zero attached hydrogens (tertiary/aromatic N) is 1. The first-order valence-corrected chi connectivity index (χ1v) is 7.93. The summed E-state index contributed by atoms with van der Waals surface area (Å²) in [5, 5.41) is 17.0. The summed E-state index contributed by atoms with van der Waals surface area (Å²) in [6.45, 7) is 0. The largest absolute Gasteiger partial charge is 0.495 e. The number of amides is 1. The minimum Gasteiger partial charge on any atom is -0.495 e. The molecule has 0 saturated heterocycles. The number of hydrogen-bond acceptors (Lipinski definition) is 5. The average Bonchev–Trinajstić information content (AvgIpc) is 2.86. The van der Waals surface area contributed by atoms with Crippen molar-refractivity contribution in [1.82, 2.24) is 5.32 Å². The molecule has 0 bridgehead atoms. The molecule has 2 rings (SSSR count). The first-order chi connectivity index (χ1) is 10.1. The van der Waals surface area contributed by atoms with Gasteiger partial charge in [-0.05, 0) is 24.3 Å². The van der Waals surface area contributed by atoms with E-state index < -0.39 is 5.54 Å². The van der Waals surface area contributed by atoms with Crippen LogP contribution in [0.4, 0.5) is 0 Å². The SMILES string of the molecule is COc1ccsc1C(=O)NC1(/C(N)=N/O)CCCCCC1. The van der Waals surface area contributed by atoms with Gasteiger partial charge in [-0.15, -0.1) is 11.3 Å². The van der Waals surface area contributed by atoms with Crippen LogP contribution in [-0.4, -0.2) is 29.6 Å². The van der Waals surface area contributed by atoms with Crippen LogP contribution in [0.3, 0.4) is 0 Å². The maximum absolute atomic E-state index is 12.5. The van der Waals surface area contributed by atoms with Crippen LogP contribution in [0.15, 0.2) is 16.6 Å². The molecular formula is C14H21N3O3S. The van der Waals surface area contributed by atoms with Gasteiger partial charge >= 0.3 is 0 Å². The molecule has 6 nitrogen and oxygen atoms in total. The third kappa shape index (κ3) is 3.29. The number of amidine groups is 1. The molecule has 0 aliphatic heterocycles. The van der Waals surface area contributed by atoms with Gasteiger partial charge in [-0.2, -0.15) is 0 Å². The lowest BCUT2D eigenvalue weighted by atomic mass is 9.88. The van der Waals surface area contributed by atoms with Gasteiger partial charge < -0.3 is 21.0 Å². The number of oxime groups is 1. The van der Waals surface area contributed by atoms with Crippen LogP contribution < -0.4 is 15.8 Å². The lowest BCUT2D eigenvalue weighted by Crippen LogP contribution is -2.57. The highest BCUT2D eigenvalue weighted by molar-refractivity contribution is 7.12. The standard InChI is InChI=1S/C14H21N3O3S/c1-20-10-6-9-21-11(10)12(18)16-14(13(15)17-19)7-4-2-3-5-8-14/h6,9,19H,2-5,7-8H2,1H3,(H2,15,17)(H,16,18). The number of thiophene rings is 1. The Hall–Kier alpha value is -1.76. The lowest BCUT2D eigenvalue weighted by Gasteiger charge is -2.32. The Morgan fingerprint density at radius 3 is 2.67 bits per heavy atom. The Bertz CT molecular complexity index is 519. The van der Waals surface area contributed by atoms with Crippen molar-refractivity contribution in [2.45, 2.75) is 44.1 Å². The fraction of sp³-hybridized carbons (Fsp3) is 0.571. The summed E-state index contributed by atoms with van der Waals surface area (Å²) in [6, 6.07) is 1.75. The van der Waals surface area contributed by atoms with Gasteiger partial charge in [-0.3, -0.25) is 4.79 Å². The van der Waals surface area contributed by atoms with Crippen molar-refractivity contribution in [3.05, 3.63) is 16.3 Å². The molecule has 0 unspecified atom stereocenters. The second-order valence-corrected chi connectivity index (χ2v) is 6.17. The van der Waals surface area contributed by atoms with Crippen molar-refractivity contribution in [2.24, 2.45) is 10.9 Å². The molecule has 7 heteroatoms. The van der Waals surface area contributed by atoms with E-state index in [9.17, 15) is 4.79 Å². The third-order valence-electron chi connectivity index (χ3n) is 3.96. The highest BCUT2D eigenvalue weighted by Crippen LogP contribution is 2.30. The van der Waals surface area contributed by atoms with Crippen LogP contribution in [0, 0.1) is 0 Å². The van der Waals surface area contributed by atoms with Gasteiger partial charge in [0.2, 0.25) is 0 Å². The fourth-order valence-electron chi connectivity index (χ4n) is 2.77. The van der Waals surface area contributed by atoms with Crippen LogP contribution >= 0.6 is 11.3 Å². The number of carbonyl (C=O) groups is 1. The minimum absolute atomic E-state index is 0.0771. The molecule has 21 heavy (non-hydrogen) atoms. The highest BCUT2D eigenvalue weighted by atomic mass is 32.1. The maximum atomic E-state index is 12.5. The summed E-state index contributed by atoms with van der Waals surface area (Å²) in [6.07, 6.45) is 5.44. The number of methoxy groups -OCH3 is 1. The summed E-state index contributed by atoms with van der Waals surface area (Å²) in [7, 11) is 1.53. The monoisotopic (exact) mass is 311 g/mol. The number of ether oxygens (including phenoxy) is 1. The Morgan fingerprint density at radius 2 is 2.10 bits per heavy atom. The topological polar surface area (TPSA) is 96.9 Å². The predicted molar refractivity (Wildman–Crippen MR) is 82.2 cm³/mol. The molecule has 1 amide bonds. The van der Waals surface area contributed by atoms with Crippen LogP contribution in [0.1, 0.15) is 48.2 Å². The predicted octanol–water partition coefficient (Wildman–Crippen LogP) is 2.33. The molecule has 1 fully saturated rings. The average molecular weight is 311 g/mol. The van der Waals surface area contributed by atoms with E-state index in [0.717, 1.165) is 25.7 Å². The lowest BCUT2D eigenvalue weighted by molar-refractivity contribution is 0.0917. The van der Waals surface area contributed by atoms with E-state index in [1.807, 2.05) is 0 Å². The van der Waals surface area contributed by atoms with E-state index in [1.54, 1.807) is 11.4 Å². The molecule has 0 spiro atoms. The zero-order valence-electron chi connectivity index (χ0n) is 12.1. The van der Waals surface area contributed by atoms with E-state index >= 15 is 0 Å². The Kier molecular flexibility index (Phi) is 5.06. The highest BCUT2D eigenvalue weighted by Gasteiger charge is 2.38. The number of hydrogen-bond donors (Lipinski definition) is 3. The molecule has 116 valence electrons. The molecule has 0 aromatic carbocycles. The maximum Gasteiger partial charge on any atom is 0.265 e. The molecule has 4 N–H and O–H groups in total. The minimum atomic E-state index is -0.767. The third-order valence-corrected chi connectivity index (χ3v) is 4.86. The molecule has 1 aromatic rings. The second-order valence-electron chi connectivity index (χ2n) is 5.25. The van der Waals surface area contributed by atoms with Crippen LogP contribution in [0.2, 0.25) is 0 Å². The van der Waals surface area contributed by atoms with Gasteiger partial charge in [0.25, 0.3) is 5.91 Å². The summed E-state index contributed by atoms with van der Waals surface area (Å²) in [5.41, 5.74) is 5.12. The van der Waals surface area contributed by atoms with E-state index in [0.29, 0.717) is 23.5 Å². The zero-order valence-corrected chi connectivity index (χ0v) is 12.9. The van der Waals surface area contributed by atoms with Gasteiger partial charge in [0.05, 0.1) is 7.11 Å². The summed E-state index contributed by atoms with van der Waals surface area (Å²) >= 11 is 1.31. The van der Waals surface area contributed by atoms with E-state index in [2.05, 4.69) is 10.5 Å². The molecule has 1 aromatic heterocycles. The van der Waals surface area contributed by atoms with Crippen molar-refractivity contribution in [3.8, 4) is 5.75 Å². The smallest absolute Gasteiger partial charge is 0.265 e. The van der Waals surface area contributed by atoms with Crippen molar-refractivity contribution < 1.29 is 14.7 Å².